The Hall–Kier alpha value is -3.61. The predicted molar refractivity (Wildman–Crippen MR) is 99.3 cm³/mol. The van der Waals surface area contributed by atoms with Gasteiger partial charge in [0.2, 0.25) is 0 Å². The molecule has 1 aromatic heterocycles. The van der Waals surface area contributed by atoms with Crippen molar-refractivity contribution in [2.45, 2.75) is 6.92 Å². The fraction of sp³-hybridized carbons (Fsp3) is 0.100. The second-order valence-electron chi connectivity index (χ2n) is 5.87. The first-order chi connectivity index (χ1) is 12.9. The zero-order valence-electron chi connectivity index (χ0n) is 14.7. The van der Waals surface area contributed by atoms with Crippen LogP contribution in [0, 0.1) is 12.7 Å². The Morgan fingerprint density at radius 2 is 1.85 bits per heavy atom. The zero-order valence-corrected chi connectivity index (χ0v) is 14.7. The number of rotatable bonds is 4. The molecule has 0 fully saturated rings. The Labute approximate surface area is 154 Å². The third kappa shape index (κ3) is 3.67. The molecule has 0 unspecified atom stereocenters. The van der Waals surface area contributed by atoms with Crippen LogP contribution in [0.5, 0.6) is 11.5 Å². The van der Waals surface area contributed by atoms with Gasteiger partial charge in [0, 0.05) is 23.6 Å². The Bertz CT molecular complexity index is 1060. The number of halogens is 1. The van der Waals surface area contributed by atoms with Crippen LogP contribution in [-0.2, 0) is 0 Å². The highest BCUT2D eigenvalue weighted by atomic mass is 19.1. The molecule has 0 spiro atoms. The minimum absolute atomic E-state index is 0.0335. The van der Waals surface area contributed by atoms with Crippen molar-refractivity contribution < 1.29 is 19.0 Å². The highest BCUT2D eigenvalue weighted by molar-refractivity contribution is 6.05. The van der Waals surface area contributed by atoms with Gasteiger partial charge in [0.25, 0.3) is 11.5 Å². The van der Waals surface area contributed by atoms with E-state index >= 15 is 0 Å². The number of nitrogens with zero attached hydrogens (tertiary/aromatic N) is 1. The average Bonchev–Trinajstić information content (AvgIpc) is 2.64. The zero-order chi connectivity index (χ0) is 19.6. The lowest BCUT2D eigenvalue weighted by atomic mass is 10.1. The lowest BCUT2D eigenvalue weighted by Crippen LogP contribution is -2.29. The molecule has 27 heavy (non-hydrogen) atoms. The Morgan fingerprint density at radius 1 is 1.15 bits per heavy atom. The van der Waals surface area contributed by atoms with Crippen LogP contribution in [0.2, 0.25) is 0 Å². The maximum atomic E-state index is 13.1. The maximum absolute atomic E-state index is 13.1. The number of pyridine rings is 1. The molecule has 0 aliphatic carbocycles. The van der Waals surface area contributed by atoms with Crippen LogP contribution in [0.1, 0.15) is 15.9 Å². The second kappa shape index (κ2) is 7.33. The number of carbonyl (C=O) groups excluding carboxylic acids is 1. The van der Waals surface area contributed by atoms with Gasteiger partial charge < -0.3 is 15.2 Å². The number of hydrogen-bond acceptors (Lipinski definition) is 4. The summed E-state index contributed by atoms with van der Waals surface area (Å²) in [5.41, 5.74) is 0.757. The molecule has 0 bridgehead atoms. The summed E-state index contributed by atoms with van der Waals surface area (Å²) in [6.07, 6.45) is 1.53. The topological polar surface area (TPSA) is 80.6 Å². The third-order valence-corrected chi connectivity index (χ3v) is 4.07. The smallest absolute Gasteiger partial charge is 0.268 e. The number of methoxy groups -OCH3 is 1. The van der Waals surface area contributed by atoms with E-state index < -0.39 is 17.3 Å². The van der Waals surface area contributed by atoms with Crippen molar-refractivity contribution in [3.05, 3.63) is 82.0 Å². The van der Waals surface area contributed by atoms with E-state index in [9.17, 15) is 19.1 Å². The van der Waals surface area contributed by atoms with Gasteiger partial charge in [0.05, 0.1) is 7.11 Å². The van der Waals surface area contributed by atoms with Gasteiger partial charge in [0.15, 0.2) is 11.5 Å². The lowest BCUT2D eigenvalue weighted by molar-refractivity contribution is 0.102. The van der Waals surface area contributed by atoms with Crippen LogP contribution in [0.3, 0.4) is 0 Å². The average molecular weight is 368 g/mol. The maximum Gasteiger partial charge on any atom is 0.268 e. The van der Waals surface area contributed by atoms with E-state index in [4.69, 9.17) is 4.74 Å². The summed E-state index contributed by atoms with van der Waals surface area (Å²) >= 11 is 0. The van der Waals surface area contributed by atoms with E-state index in [1.54, 1.807) is 13.0 Å². The Morgan fingerprint density at radius 3 is 2.52 bits per heavy atom. The van der Waals surface area contributed by atoms with Crippen molar-refractivity contribution in [1.82, 2.24) is 4.57 Å². The van der Waals surface area contributed by atoms with Crippen molar-refractivity contribution in [2.75, 3.05) is 12.4 Å². The highest BCUT2D eigenvalue weighted by Crippen LogP contribution is 2.28. The number of phenolic OH excluding ortho intramolecular Hbond substituents is 1. The van der Waals surface area contributed by atoms with E-state index in [0.717, 1.165) is 0 Å². The predicted octanol–water partition coefficient (Wildman–Crippen LogP) is 3.25. The number of phenols is 1. The number of aryl methyl sites for hydroxylation is 1. The van der Waals surface area contributed by atoms with Gasteiger partial charge in [0.1, 0.15) is 11.4 Å². The molecule has 3 rings (SSSR count). The first kappa shape index (κ1) is 18.2. The molecule has 2 N–H and O–H groups in total. The van der Waals surface area contributed by atoms with Crippen molar-refractivity contribution in [3.8, 4) is 17.2 Å². The number of hydrogen-bond donors (Lipinski definition) is 2. The van der Waals surface area contributed by atoms with Crippen LogP contribution >= 0.6 is 0 Å². The number of aromatic nitrogens is 1. The molecular formula is C20H17FN2O4. The van der Waals surface area contributed by atoms with E-state index in [-0.39, 0.29) is 17.1 Å². The van der Waals surface area contributed by atoms with E-state index in [0.29, 0.717) is 16.9 Å². The van der Waals surface area contributed by atoms with Gasteiger partial charge in [-0.2, -0.15) is 0 Å². The lowest BCUT2D eigenvalue weighted by Gasteiger charge is -2.12. The molecule has 0 aliphatic rings. The van der Waals surface area contributed by atoms with Gasteiger partial charge in [-0.25, -0.2) is 4.39 Å². The van der Waals surface area contributed by atoms with E-state index in [1.807, 2.05) is 0 Å². The monoisotopic (exact) mass is 368 g/mol. The summed E-state index contributed by atoms with van der Waals surface area (Å²) < 4.78 is 19.4. The quantitative estimate of drug-likeness (QED) is 0.693. The SMILES string of the molecule is COc1cc(NC(=O)c2c(C)ccn(-c3ccc(F)cc3)c2=O)ccc1O. The van der Waals surface area contributed by atoms with Crippen molar-refractivity contribution >= 4 is 11.6 Å². The third-order valence-electron chi connectivity index (χ3n) is 4.07. The van der Waals surface area contributed by atoms with E-state index in [1.165, 1.54) is 60.3 Å². The minimum atomic E-state index is -0.596. The van der Waals surface area contributed by atoms with Crippen molar-refractivity contribution in [3.63, 3.8) is 0 Å². The molecular weight excluding hydrogens is 351 g/mol. The number of aromatic hydroxyl groups is 1. The van der Waals surface area contributed by atoms with Crippen LogP contribution in [-0.4, -0.2) is 22.7 Å². The molecule has 7 heteroatoms. The number of nitrogens with one attached hydrogen (secondary N) is 1. The summed E-state index contributed by atoms with van der Waals surface area (Å²) in [4.78, 5) is 25.5. The highest BCUT2D eigenvalue weighted by Gasteiger charge is 2.17. The van der Waals surface area contributed by atoms with Crippen LogP contribution in [0.25, 0.3) is 5.69 Å². The van der Waals surface area contributed by atoms with Crippen LogP contribution in [0.15, 0.2) is 59.5 Å². The summed E-state index contributed by atoms with van der Waals surface area (Å²) in [5.74, 6) is -0.883. The number of amides is 1. The first-order valence-electron chi connectivity index (χ1n) is 8.07. The van der Waals surface area contributed by atoms with Crippen LogP contribution < -0.4 is 15.6 Å². The molecule has 2 aromatic carbocycles. The molecule has 0 aliphatic heterocycles. The molecule has 0 saturated heterocycles. The van der Waals surface area contributed by atoms with Crippen LogP contribution in [0.4, 0.5) is 10.1 Å². The minimum Gasteiger partial charge on any atom is -0.504 e. The van der Waals surface area contributed by atoms with Crippen molar-refractivity contribution in [2.24, 2.45) is 0 Å². The molecule has 3 aromatic rings. The number of carbonyl (C=O) groups is 1. The Kier molecular flexibility index (Phi) is 4.94. The fourth-order valence-corrected chi connectivity index (χ4v) is 2.66. The summed E-state index contributed by atoms with van der Waals surface area (Å²) in [6.45, 7) is 1.66. The molecule has 1 amide bonds. The normalized spacial score (nSPS) is 10.5. The molecule has 0 saturated carbocycles. The molecule has 0 atom stereocenters. The van der Waals surface area contributed by atoms with E-state index in [2.05, 4.69) is 5.32 Å². The summed E-state index contributed by atoms with van der Waals surface area (Å²) in [6, 6.07) is 11.3. The van der Waals surface area contributed by atoms with Crippen molar-refractivity contribution in [1.29, 1.82) is 0 Å². The summed E-state index contributed by atoms with van der Waals surface area (Å²) in [7, 11) is 1.39. The van der Waals surface area contributed by atoms with Gasteiger partial charge in [-0.3, -0.25) is 14.2 Å². The molecule has 1 heterocycles. The first-order valence-corrected chi connectivity index (χ1v) is 8.07. The van der Waals surface area contributed by atoms with Gasteiger partial charge in [-0.1, -0.05) is 0 Å². The summed E-state index contributed by atoms with van der Waals surface area (Å²) in [5, 5.41) is 12.3. The number of ether oxygens (including phenoxy) is 1. The number of benzene rings is 2. The fourth-order valence-electron chi connectivity index (χ4n) is 2.66. The second-order valence-corrected chi connectivity index (χ2v) is 5.87. The Balaban J connectivity index is 1.98. The number of anilines is 1. The largest absolute Gasteiger partial charge is 0.504 e. The standard InChI is InChI=1S/C20H17FN2O4/c1-12-9-10-23(15-6-3-13(21)4-7-15)20(26)18(12)19(25)22-14-5-8-16(24)17(11-14)27-2/h3-11,24H,1-2H3,(H,22,25). The van der Waals surface area contributed by atoms with Gasteiger partial charge in [-0.05, 0) is 55.0 Å². The van der Waals surface area contributed by atoms with Gasteiger partial charge >= 0.3 is 0 Å². The van der Waals surface area contributed by atoms with Gasteiger partial charge in [-0.15, -0.1) is 0 Å². The molecule has 138 valence electrons. The molecule has 6 nitrogen and oxygen atoms in total. The molecule has 0 radical (unpaired) electrons.